The Balaban J connectivity index is 0.000000612. The first-order valence-corrected chi connectivity index (χ1v) is 12.5. The molecule has 0 radical (unpaired) electrons. The van der Waals surface area contributed by atoms with Gasteiger partial charge in [-0.3, -0.25) is 9.78 Å². The van der Waals surface area contributed by atoms with E-state index in [2.05, 4.69) is 42.4 Å². The molecule has 0 spiro atoms. The first-order chi connectivity index (χ1) is 9.77. The van der Waals surface area contributed by atoms with Gasteiger partial charge in [0.1, 0.15) is 0 Å². The van der Waals surface area contributed by atoms with Gasteiger partial charge in [-0.15, -0.1) is 0 Å². The summed E-state index contributed by atoms with van der Waals surface area (Å²) < 4.78 is 0. The number of benzene rings is 1. The van der Waals surface area contributed by atoms with E-state index in [-0.39, 0.29) is 5.91 Å². The van der Waals surface area contributed by atoms with Crippen molar-refractivity contribution in [3.8, 4) is 0 Å². The van der Waals surface area contributed by atoms with Crippen molar-refractivity contribution in [1.82, 2.24) is 10.4 Å². The molecule has 1 N–H and O–H groups in total. The molecule has 0 saturated carbocycles. The first-order valence-electron chi connectivity index (χ1n) is 5.39. The monoisotopic (exact) mass is 489 g/mol. The maximum absolute atomic E-state index is 11.6. The van der Waals surface area contributed by atoms with Crippen LogP contribution < -0.4 is 5.43 Å². The SMILES string of the molecule is O=C(N/N=C/c1ccccn1)c1ccccc1.[Br][Pd][Br]. The van der Waals surface area contributed by atoms with E-state index in [1.165, 1.54) is 6.21 Å². The molecule has 0 saturated heterocycles. The molecule has 4 nitrogen and oxygen atoms in total. The Morgan fingerprint density at radius 2 is 1.80 bits per heavy atom. The zero-order chi connectivity index (χ0) is 14.6. The molecule has 1 heterocycles. The number of carbonyl (C=O) groups excluding carboxylic acids is 1. The predicted molar refractivity (Wildman–Crippen MR) is 83.6 cm³/mol. The van der Waals surface area contributed by atoms with Gasteiger partial charge in [0, 0.05) is 11.8 Å². The average Bonchev–Trinajstić information content (AvgIpc) is 2.50. The Labute approximate surface area is 138 Å². The number of carbonyl (C=O) groups is 1. The van der Waals surface area contributed by atoms with E-state index in [1.807, 2.05) is 18.2 Å². The Kier molecular flexibility index (Phi) is 9.34. The van der Waals surface area contributed by atoms with Crippen LogP contribution in [0.2, 0.25) is 0 Å². The van der Waals surface area contributed by atoms with Gasteiger partial charge in [0.25, 0.3) is 5.91 Å². The van der Waals surface area contributed by atoms with E-state index in [0.717, 1.165) is 0 Å². The summed E-state index contributed by atoms with van der Waals surface area (Å²) in [5.41, 5.74) is 3.71. The number of nitrogens with zero attached hydrogens (tertiary/aromatic N) is 2. The summed E-state index contributed by atoms with van der Waals surface area (Å²) in [5, 5.41) is 3.83. The van der Waals surface area contributed by atoms with Gasteiger partial charge in [0.2, 0.25) is 0 Å². The number of hydrogen-bond donors (Lipinski definition) is 1. The first kappa shape index (κ1) is 17.2. The fourth-order valence-electron chi connectivity index (χ4n) is 1.26. The van der Waals surface area contributed by atoms with Crippen molar-refractivity contribution in [3.63, 3.8) is 0 Å². The third-order valence-electron chi connectivity index (χ3n) is 2.09. The molecule has 0 aliphatic rings. The number of aromatic nitrogens is 1. The third kappa shape index (κ3) is 7.06. The second kappa shape index (κ2) is 10.9. The Bertz CT molecular complexity index is 538. The van der Waals surface area contributed by atoms with Crippen molar-refractivity contribution in [1.29, 1.82) is 0 Å². The van der Waals surface area contributed by atoms with Crippen LogP contribution in [0.3, 0.4) is 0 Å². The summed E-state index contributed by atoms with van der Waals surface area (Å²) in [5.74, 6) is -0.238. The molecule has 1 aromatic heterocycles. The standard InChI is InChI=1S/C13H11N3O.2BrH.Pd/c17-13(11-6-2-1-3-7-11)16-15-10-12-8-4-5-9-14-12;;;/h1-10H,(H,16,17);2*1H;/q;;;+2/p-2/b15-10+;;;. The normalized spacial score (nSPS) is 9.90. The summed E-state index contributed by atoms with van der Waals surface area (Å²) in [6, 6.07) is 14.4. The molecule has 0 atom stereocenters. The van der Waals surface area contributed by atoms with Crippen LogP contribution in [0.1, 0.15) is 16.1 Å². The summed E-state index contributed by atoms with van der Waals surface area (Å²) in [7, 11) is 0. The molecule has 108 valence electrons. The number of amides is 1. The molecule has 0 fully saturated rings. The van der Waals surface area contributed by atoms with Crippen LogP contribution in [0.5, 0.6) is 0 Å². The van der Waals surface area contributed by atoms with Crippen molar-refractivity contribution in [2.24, 2.45) is 5.10 Å². The molecule has 0 aliphatic carbocycles. The van der Waals surface area contributed by atoms with Crippen molar-refractivity contribution < 1.29 is 18.7 Å². The molecule has 0 unspecified atom stereocenters. The molecule has 1 amide bonds. The van der Waals surface area contributed by atoms with Gasteiger partial charge in [-0.05, 0) is 24.3 Å². The van der Waals surface area contributed by atoms with E-state index in [4.69, 9.17) is 0 Å². The Morgan fingerprint density at radius 3 is 2.40 bits per heavy atom. The van der Waals surface area contributed by atoms with Gasteiger partial charge in [-0.1, -0.05) is 24.3 Å². The van der Waals surface area contributed by atoms with Gasteiger partial charge < -0.3 is 0 Å². The number of hydrogen-bond acceptors (Lipinski definition) is 3. The van der Waals surface area contributed by atoms with Crippen LogP contribution >= 0.6 is 26.9 Å². The van der Waals surface area contributed by atoms with E-state index in [9.17, 15) is 4.79 Å². The second-order valence-electron chi connectivity index (χ2n) is 3.36. The quantitative estimate of drug-likeness (QED) is 0.406. The molecule has 1 aromatic carbocycles. The van der Waals surface area contributed by atoms with E-state index in [0.29, 0.717) is 25.2 Å². The van der Waals surface area contributed by atoms with Crippen molar-refractivity contribution in [2.45, 2.75) is 0 Å². The third-order valence-corrected chi connectivity index (χ3v) is 2.09. The average molecular weight is 491 g/mol. The number of hydrazone groups is 1. The fourth-order valence-corrected chi connectivity index (χ4v) is 1.26. The minimum absolute atomic E-state index is 0.238. The molecule has 0 aliphatic heterocycles. The molecule has 20 heavy (non-hydrogen) atoms. The Hall–Kier alpha value is -0.868. The van der Waals surface area contributed by atoms with Crippen LogP contribution in [-0.2, 0) is 13.9 Å². The van der Waals surface area contributed by atoms with Crippen LogP contribution in [0.25, 0.3) is 0 Å². The summed E-state index contributed by atoms with van der Waals surface area (Å²) in [6.07, 6.45) is 3.17. The molecule has 2 aromatic rings. The van der Waals surface area contributed by atoms with Crippen molar-refractivity contribution in [3.05, 3.63) is 66.0 Å². The summed E-state index contributed by atoms with van der Waals surface area (Å²) in [6.45, 7) is 0. The summed E-state index contributed by atoms with van der Waals surface area (Å²) in [4.78, 5) is 15.6. The summed E-state index contributed by atoms with van der Waals surface area (Å²) >= 11 is 6.80. The molecular weight excluding hydrogens is 480 g/mol. The van der Waals surface area contributed by atoms with Gasteiger partial charge >= 0.3 is 40.8 Å². The molecule has 7 heteroatoms. The number of halogens is 2. The number of pyridine rings is 1. The number of rotatable bonds is 3. The van der Waals surface area contributed by atoms with Gasteiger partial charge in [0.05, 0.1) is 11.9 Å². The van der Waals surface area contributed by atoms with E-state index >= 15 is 0 Å². The Morgan fingerprint density at radius 1 is 1.15 bits per heavy atom. The van der Waals surface area contributed by atoms with Crippen molar-refractivity contribution in [2.75, 3.05) is 0 Å². The van der Waals surface area contributed by atoms with Crippen LogP contribution in [0.15, 0.2) is 59.8 Å². The minimum atomic E-state index is -0.238. The number of nitrogens with one attached hydrogen (secondary N) is 1. The molecular formula is C13H11Br2N3OPd. The molecule has 2 rings (SSSR count). The van der Waals surface area contributed by atoms with Crippen LogP contribution in [0.4, 0.5) is 0 Å². The van der Waals surface area contributed by atoms with Gasteiger partial charge in [0.15, 0.2) is 0 Å². The van der Waals surface area contributed by atoms with E-state index < -0.39 is 0 Å². The second-order valence-corrected chi connectivity index (χ2v) is 10.5. The zero-order valence-corrected chi connectivity index (χ0v) is 14.9. The van der Waals surface area contributed by atoms with Crippen LogP contribution in [0, 0.1) is 0 Å². The van der Waals surface area contributed by atoms with Gasteiger partial charge in [-0.25, -0.2) is 5.43 Å². The predicted octanol–water partition coefficient (Wildman–Crippen LogP) is 3.53. The molecule has 0 bridgehead atoms. The van der Waals surface area contributed by atoms with Crippen molar-refractivity contribution >= 4 is 39.0 Å². The fraction of sp³-hybridized carbons (Fsp3) is 0. The van der Waals surface area contributed by atoms with Gasteiger partial charge in [-0.2, -0.15) is 5.10 Å². The van der Waals surface area contributed by atoms with Crippen LogP contribution in [-0.4, -0.2) is 17.1 Å². The topological polar surface area (TPSA) is 54.4 Å². The maximum atomic E-state index is 11.6. The van der Waals surface area contributed by atoms with E-state index in [1.54, 1.807) is 36.5 Å². The zero-order valence-electron chi connectivity index (χ0n) is 10.1.